The van der Waals surface area contributed by atoms with E-state index < -0.39 is 21.3 Å². The summed E-state index contributed by atoms with van der Waals surface area (Å²) in [5.41, 5.74) is -0.971. The highest BCUT2D eigenvalue weighted by molar-refractivity contribution is 7.89. The van der Waals surface area contributed by atoms with Crippen molar-refractivity contribution in [3.63, 3.8) is 0 Å². The number of amides is 1. The predicted molar refractivity (Wildman–Crippen MR) is 100 cm³/mol. The molecule has 1 saturated heterocycles. The Labute approximate surface area is 156 Å². The van der Waals surface area contributed by atoms with Gasteiger partial charge in [0.15, 0.2) is 0 Å². The van der Waals surface area contributed by atoms with Crippen LogP contribution in [0.2, 0.25) is 0 Å². The number of nitrogens with zero attached hydrogens (tertiary/aromatic N) is 3. The molecule has 0 bridgehead atoms. The summed E-state index contributed by atoms with van der Waals surface area (Å²) in [5.74, 6) is -0.289. The minimum atomic E-state index is -3.75. The highest BCUT2D eigenvalue weighted by Gasteiger charge is 2.22. The number of aromatic nitrogens is 2. The van der Waals surface area contributed by atoms with Gasteiger partial charge in [0.25, 0.3) is 5.56 Å². The Bertz CT molecular complexity index is 1110. The Hall–Kier alpha value is -2.46. The molecule has 0 saturated carbocycles. The molecular formula is C17H22N4O5S. The van der Waals surface area contributed by atoms with Crippen LogP contribution in [0.25, 0.3) is 10.9 Å². The summed E-state index contributed by atoms with van der Waals surface area (Å²) in [5, 5.41) is 0.0744. The molecule has 1 fully saturated rings. The molecule has 1 aromatic carbocycles. The van der Waals surface area contributed by atoms with E-state index in [4.69, 9.17) is 0 Å². The van der Waals surface area contributed by atoms with Gasteiger partial charge in [0.2, 0.25) is 15.9 Å². The number of hydrogen-bond donors (Lipinski definition) is 1. The molecule has 0 atom stereocenters. The number of rotatable bonds is 5. The minimum absolute atomic E-state index is 0.0648. The third-order valence-electron chi connectivity index (χ3n) is 4.72. The Morgan fingerprint density at radius 1 is 1.19 bits per heavy atom. The molecule has 0 radical (unpaired) electrons. The fourth-order valence-corrected chi connectivity index (χ4v) is 4.34. The molecule has 10 heteroatoms. The van der Waals surface area contributed by atoms with Crippen LogP contribution in [0.15, 0.2) is 32.7 Å². The van der Waals surface area contributed by atoms with Gasteiger partial charge in [0.05, 0.1) is 15.8 Å². The van der Waals surface area contributed by atoms with E-state index in [0.29, 0.717) is 18.6 Å². The Balaban J connectivity index is 2.13. The lowest BCUT2D eigenvalue weighted by atomic mass is 10.2. The normalized spacial score (nSPS) is 14.8. The highest BCUT2D eigenvalue weighted by Crippen LogP contribution is 2.15. The van der Waals surface area contributed by atoms with Crippen LogP contribution in [0.3, 0.4) is 0 Å². The number of nitrogens with one attached hydrogen (secondary N) is 1. The first-order valence-electron chi connectivity index (χ1n) is 8.77. The summed E-state index contributed by atoms with van der Waals surface area (Å²) < 4.78 is 28.9. The molecule has 1 aliphatic heterocycles. The van der Waals surface area contributed by atoms with Crippen molar-refractivity contribution in [2.45, 2.75) is 31.2 Å². The first-order valence-corrected chi connectivity index (χ1v) is 10.3. The van der Waals surface area contributed by atoms with Gasteiger partial charge >= 0.3 is 5.69 Å². The summed E-state index contributed by atoms with van der Waals surface area (Å²) >= 11 is 0. The van der Waals surface area contributed by atoms with Crippen molar-refractivity contribution in [3.05, 3.63) is 39.0 Å². The zero-order valence-corrected chi connectivity index (χ0v) is 16.1. The third kappa shape index (κ3) is 3.54. The van der Waals surface area contributed by atoms with E-state index in [0.717, 1.165) is 17.4 Å². The monoisotopic (exact) mass is 394 g/mol. The minimum Gasteiger partial charge on any atom is -0.341 e. The summed E-state index contributed by atoms with van der Waals surface area (Å²) in [6.45, 7) is 2.74. The fraction of sp³-hybridized carbons (Fsp3) is 0.471. The maximum Gasteiger partial charge on any atom is 0.331 e. The van der Waals surface area contributed by atoms with Crippen LogP contribution < -0.4 is 16.0 Å². The molecular weight excluding hydrogens is 372 g/mol. The molecule has 27 heavy (non-hydrogen) atoms. The number of aryl methyl sites for hydroxylation is 1. The van der Waals surface area contributed by atoms with Crippen LogP contribution in [-0.2, 0) is 28.4 Å². The molecule has 1 aliphatic rings. The second-order valence-electron chi connectivity index (χ2n) is 6.50. The lowest BCUT2D eigenvalue weighted by Gasteiger charge is -2.17. The molecule has 1 N–H and O–H groups in total. The molecule has 0 spiro atoms. The third-order valence-corrected chi connectivity index (χ3v) is 6.26. The summed E-state index contributed by atoms with van der Waals surface area (Å²) in [7, 11) is -2.27. The summed E-state index contributed by atoms with van der Waals surface area (Å²) in [6, 6.07) is 4.01. The van der Waals surface area contributed by atoms with E-state index in [1.54, 1.807) is 11.8 Å². The van der Waals surface area contributed by atoms with Crippen LogP contribution in [0.5, 0.6) is 0 Å². The average molecular weight is 394 g/mol. The number of benzene rings is 1. The van der Waals surface area contributed by atoms with Gasteiger partial charge in [-0.05, 0) is 31.0 Å². The molecule has 0 unspecified atom stereocenters. The largest absolute Gasteiger partial charge is 0.341 e. The molecule has 1 aromatic heterocycles. The van der Waals surface area contributed by atoms with Gasteiger partial charge in [0, 0.05) is 26.7 Å². The van der Waals surface area contributed by atoms with Gasteiger partial charge in [-0.2, -0.15) is 0 Å². The van der Waals surface area contributed by atoms with Crippen molar-refractivity contribution in [1.29, 1.82) is 0 Å². The zero-order chi connectivity index (χ0) is 19.8. The van der Waals surface area contributed by atoms with E-state index in [1.807, 2.05) is 0 Å². The number of fused-ring (bicyclic) bond motifs is 1. The van der Waals surface area contributed by atoms with E-state index >= 15 is 0 Å². The van der Waals surface area contributed by atoms with Gasteiger partial charge in [-0.15, -0.1) is 0 Å². The van der Waals surface area contributed by atoms with Crippen molar-refractivity contribution in [2.24, 2.45) is 7.05 Å². The first kappa shape index (κ1) is 19.3. The molecule has 1 amide bonds. The predicted octanol–water partition coefficient (Wildman–Crippen LogP) is -0.379. The van der Waals surface area contributed by atoms with Crippen molar-refractivity contribution in [2.75, 3.05) is 19.6 Å². The van der Waals surface area contributed by atoms with Crippen molar-refractivity contribution >= 4 is 26.8 Å². The van der Waals surface area contributed by atoms with Crippen molar-refractivity contribution < 1.29 is 13.2 Å². The molecule has 3 rings (SSSR count). The Morgan fingerprint density at radius 2 is 1.85 bits per heavy atom. The second kappa shape index (κ2) is 7.28. The number of carbonyl (C=O) groups excluding carboxylic acids is 1. The highest BCUT2D eigenvalue weighted by atomic mass is 32.2. The Morgan fingerprint density at radius 3 is 2.48 bits per heavy atom. The standard InChI is InChI=1S/C17H22N4O5S/c1-3-18-27(25,26)12-6-7-14-13(10-12)16(23)21(17(24)19(14)2)11-15(22)20-8-4-5-9-20/h6-7,10,18H,3-5,8-9,11H2,1-2H3. The lowest BCUT2D eigenvalue weighted by Crippen LogP contribution is -2.43. The number of sulfonamides is 1. The Kier molecular flexibility index (Phi) is 5.20. The van der Waals surface area contributed by atoms with Crippen LogP contribution in [0.4, 0.5) is 0 Å². The average Bonchev–Trinajstić information content (AvgIpc) is 3.17. The summed E-state index contributed by atoms with van der Waals surface area (Å²) in [6.07, 6.45) is 1.81. The van der Waals surface area contributed by atoms with E-state index in [2.05, 4.69) is 4.72 Å². The van der Waals surface area contributed by atoms with E-state index in [9.17, 15) is 22.8 Å². The van der Waals surface area contributed by atoms with Gasteiger partial charge in [0.1, 0.15) is 6.54 Å². The molecule has 146 valence electrons. The van der Waals surface area contributed by atoms with Gasteiger partial charge in [-0.25, -0.2) is 17.9 Å². The fourth-order valence-electron chi connectivity index (χ4n) is 3.28. The number of likely N-dealkylation sites (tertiary alicyclic amines) is 1. The van der Waals surface area contributed by atoms with E-state index in [1.165, 1.54) is 29.8 Å². The van der Waals surface area contributed by atoms with Crippen LogP contribution in [-0.4, -0.2) is 48.0 Å². The van der Waals surface area contributed by atoms with Gasteiger partial charge in [-0.1, -0.05) is 6.92 Å². The van der Waals surface area contributed by atoms with Crippen molar-refractivity contribution in [3.8, 4) is 0 Å². The smallest absolute Gasteiger partial charge is 0.331 e. The summed E-state index contributed by atoms with van der Waals surface area (Å²) in [4.78, 5) is 39.4. The first-order chi connectivity index (χ1) is 12.8. The molecule has 2 heterocycles. The topological polar surface area (TPSA) is 110 Å². The van der Waals surface area contributed by atoms with Crippen molar-refractivity contribution in [1.82, 2.24) is 18.8 Å². The van der Waals surface area contributed by atoms with Gasteiger partial charge in [-0.3, -0.25) is 18.7 Å². The maximum absolute atomic E-state index is 12.9. The quantitative estimate of drug-likeness (QED) is 0.743. The van der Waals surface area contributed by atoms with Crippen LogP contribution >= 0.6 is 0 Å². The maximum atomic E-state index is 12.9. The zero-order valence-electron chi connectivity index (χ0n) is 15.3. The SMILES string of the molecule is CCNS(=O)(=O)c1ccc2c(c1)c(=O)n(CC(=O)N1CCCC1)c(=O)n2C. The van der Waals surface area contributed by atoms with Gasteiger partial charge < -0.3 is 4.90 Å². The van der Waals surface area contributed by atoms with E-state index in [-0.39, 0.29) is 29.3 Å². The molecule has 2 aromatic rings. The molecule has 0 aliphatic carbocycles. The van der Waals surface area contributed by atoms with Crippen LogP contribution in [0.1, 0.15) is 19.8 Å². The number of hydrogen-bond acceptors (Lipinski definition) is 5. The lowest BCUT2D eigenvalue weighted by molar-refractivity contribution is -0.130. The second-order valence-corrected chi connectivity index (χ2v) is 8.27. The molecule has 9 nitrogen and oxygen atoms in total. The van der Waals surface area contributed by atoms with Crippen LogP contribution in [0, 0.1) is 0 Å². The number of carbonyl (C=O) groups is 1.